The molecule has 1 aromatic rings. The number of carbonyl (C=O) groups excluding carboxylic acids is 1. The second kappa shape index (κ2) is 6.24. The molecule has 1 saturated heterocycles. The fraction of sp³-hybridized carbons (Fsp3) is 0.667. The molecule has 2 rings (SSSR count). The molecule has 4 nitrogen and oxygen atoms in total. The summed E-state index contributed by atoms with van der Waals surface area (Å²) in [5.74, 6) is 0.142. The van der Waals surface area contributed by atoms with Gasteiger partial charge in [-0.15, -0.1) is 0 Å². The molecule has 0 saturated carbocycles. The van der Waals surface area contributed by atoms with Gasteiger partial charge in [0, 0.05) is 38.6 Å². The molecule has 0 aromatic carbocycles. The smallest absolute Gasteiger partial charge is 0.255 e. The van der Waals surface area contributed by atoms with Crippen LogP contribution in [0.3, 0.4) is 0 Å². The molecule has 106 valence electrons. The van der Waals surface area contributed by atoms with Gasteiger partial charge < -0.3 is 14.2 Å². The highest BCUT2D eigenvalue weighted by Crippen LogP contribution is 2.18. The van der Waals surface area contributed by atoms with Gasteiger partial charge in [0.15, 0.2) is 0 Å². The van der Waals surface area contributed by atoms with Gasteiger partial charge in [0.05, 0.1) is 11.7 Å². The van der Waals surface area contributed by atoms with Crippen molar-refractivity contribution in [1.29, 1.82) is 0 Å². The van der Waals surface area contributed by atoms with E-state index in [-0.39, 0.29) is 12.0 Å². The van der Waals surface area contributed by atoms with Gasteiger partial charge >= 0.3 is 0 Å². The van der Waals surface area contributed by atoms with Gasteiger partial charge in [-0.25, -0.2) is 0 Å². The van der Waals surface area contributed by atoms with Crippen molar-refractivity contribution in [1.82, 2.24) is 9.47 Å². The number of rotatable bonds is 4. The molecule has 4 heteroatoms. The summed E-state index contributed by atoms with van der Waals surface area (Å²) in [5.41, 5.74) is 1.85. The van der Waals surface area contributed by atoms with E-state index in [4.69, 9.17) is 4.74 Å². The van der Waals surface area contributed by atoms with Crippen LogP contribution in [-0.2, 0) is 11.8 Å². The minimum absolute atomic E-state index is 0.142. The van der Waals surface area contributed by atoms with E-state index in [9.17, 15) is 4.79 Å². The number of piperidine rings is 1. The average molecular weight is 264 g/mol. The van der Waals surface area contributed by atoms with Crippen LogP contribution in [0.25, 0.3) is 0 Å². The fourth-order valence-electron chi connectivity index (χ4n) is 2.55. The maximum absolute atomic E-state index is 12.5. The number of hydrogen-bond donors (Lipinski definition) is 0. The quantitative estimate of drug-likeness (QED) is 0.836. The van der Waals surface area contributed by atoms with Gasteiger partial charge in [-0.3, -0.25) is 4.79 Å². The predicted octanol–water partition coefficient (Wildman–Crippen LogP) is 2.36. The molecule has 19 heavy (non-hydrogen) atoms. The van der Waals surface area contributed by atoms with Crippen LogP contribution in [0.15, 0.2) is 12.3 Å². The molecule has 1 fully saturated rings. The average Bonchev–Trinajstić information content (AvgIpc) is 2.76. The maximum Gasteiger partial charge on any atom is 0.255 e. The Labute approximate surface area is 115 Å². The van der Waals surface area contributed by atoms with Crippen LogP contribution in [-0.4, -0.2) is 41.2 Å². The zero-order chi connectivity index (χ0) is 13.8. The summed E-state index contributed by atoms with van der Waals surface area (Å²) in [5, 5.41) is 0. The Balaban J connectivity index is 2.01. The lowest BCUT2D eigenvalue weighted by Crippen LogP contribution is -2.43. The SMILES string of the molecule is CCCO[C@H]1CCCN(C(=O)c2ccn(C)c2C)C1. The third kappa shape index (κ3) is 3.18. The van der Waals surface area contributed by atoms with Gasteiger partial charge in [0.25, 0.3) is 5.91 Å². The number of ether oxygens (including phenoxy) is 1. The summed E-state index contributed by atoms with van der Waals surface area (Å²) in [7, 11) is 1.97. The van der Waals surface area contributed by atoms with Crippen molar-refractivity contribution in [3.8, 4) is 0 Å². The first-order valence-electron chi connectivity index (χ1n) is 7.16. The lowest BCUT2D eigenvalue weighted by atomic mass is 10.1. The van der Waals surface area contributed by atoms with E-state index >= 15 is 0 Å². The minimum Gasteiger partial charge on any atom is -0.376 e. The highest BCUT2D eigenvalue weighted by Gasteiger charge is 2.26. The molecule has 2 heterocycles. The molecule has 1 aliphatic heterocycles. The summed E-state index contributed by atoms with van der Waals surface area (Å²) >= 11 is 0. The summed E-state index contributed by atoms with van der Waals surface area (Å²) in [6, 6.07) is 1.91. The summed E-state index contributed by atoms with van der Waals surface area (Å²) in [6.45, 7) is 6.46. The molecule has 0 aliphatic carbocycles. The first-order chi connectivity index (χ1) is 9.13. The second-order valence-electron chi connectivity index (χ2n) is 5.31. The van der Waals surface area contributed by atoms with Gasteiger partial charge in [-0.05, 0) is 32.3 Å². The molecular formula is C15H24N2O2. The van der Waals surface area contributed by atoms with Crippen molar-refractivity contribution < 1.29 is 9.53 Å². The third-order valence-corrected chi connectivity index (χ3v) is 3.84. The van der Waals surface area contributed by atoms with Gasteiger partial charge in [0.1, 0.15) is 0 Å². The van der Waals surface area contributed by atoms with Crippen molar-refractivity contribution >= 4 is 5.91 Å². The molecule has 0 spiro atoms. The third-order valence-electron chi connectivity index (χ3n) is 3.84. The number of aromatic nitrogens is 1. The lowest BCUT2D eigenvalue weighted by Gasteiger charge is -2.32. The van der Waals surface area contributed by atoms with Gasteiger partial charge in [0.2, 0.25) is 0 Å². The molecule has 1 amide bonds. The fourth-order valence-corrected chi connectivity index (χ4v) is 2.55. The van der Waals surface area contributed by atoms with Crippen molar-refractivity contribution in [3.63, 3.8) is 0 Å². The minimum atomic E-state index is 0.142. The molecule has 0 bridgehead atoms. The first-order valence-corrected chi connectivity index (χ1v) is 7.16. The number of aryl methyl sites for hydroxylation is 1. The van der Waals surface area contributed by atoms with E-state index in [1.54, 1.807) is 0 Å². The Hall–Kier alpha value is -1.29. The lowest BCUT2D eigenvalue weighted by molar-refractivity contribution is 0.00208. The van der Waals surface area contributed by atoms with E-state index in [1.165, 1.54) is 0 Å². The standard InChI is InChI=1S/C15H24N2O2/c1-4-10-19-13-6-5-8-17(11-13)15(18)14-7-9-16(3)12(14)2/h7,9,13H,4-6,8,10-11H2,1-3H3/t13-/m0/s1. The predicted molar refractivity (Wildman–Crippen MR) is 75.3 cm³/mol. The Kier molecular flexibility index (Phi) is 4.64. The number of hydrogen-bond acceptors (Lipinski definition) is 2. The number of carbonyl (C=O) groups is 1. The normalized spacial score (nSPS) is 19.7. The second-order valence-corrected chi connectivity index (χ2v) is 5.31. The van der Waals surface area contributed by atoms with Crippen molar-refractivity contribution in [2.45, 2.75) is 39.2 Å². The van der Waals surface area contributed by atoms with Crippen LogP contribution in [0.5, 0.6) is 0 Å². The number of likely N-dealkylation sites (tertiary alicyclic amines) is 1. The van der Waals surface area contributed by atoms with E-state index in [1.807, 2.05) is 35.7 Å². The highest BCUT2D eigenvalue weighted by atomic mass is 16.5. The van der Waals surface area contributed by atoms with Crippen molar-refractivity contribution in [2.24, 2.45) is 7.05 Å². The Morgan fingerprint density at radius 3 is 2.95 bits per heavy atom. The van der Waals surface area contributed by atoms with Crippen LogP contribution in [0.2, 0.25) is 0 Å². The molecule has 1 aliphatic rings. The van der Waals surface area contributed by atoms with Crippen LogP contribution in [0, 0.1) is 6.92 Å². The van der Waals surface area contributed by atoms with E-state index < -0.39 is 0 Å². The summed E-state index contributed by atoms with van der Waals surface area (Å²) in [6.07, 6.45) is 5.28. The monoisotopic (exact) mass is 264 g/mol. The number of amides is 1. The van der Waals surface area contributed by atoms with E-state index in [0.29, 0.717) is 0 Å². The Morgan fingerprint density at radius 1 is 1.53 bits per heavy atom. The first kappa shape index (κ1) is 14.1. The molecule has 0 N–H and O–H groups in total. The van der Waals surface area contributed by atoms with Gasteiger partial charge in [-0.2, -0.15) is 0 Å². The van der Waals surface area contributed by atoms with E-state index in [0.717, 1.165) is 50.2 Å². The molecular weight excluding hydrogens is 240 g/mol. The van der Waals surface area contributed by atoms with Crippen LogP contribution >= 0.6 is 0 Å². The molecule has 0 radical (unpaired) electrons. The van der Waals surface area contributed by atoms with Crippen LogP contribution in [0.1, 0.15) is 42.2 Å². The highest BCUT2D eigenvalue weighted by molar-refractivity contribution is 5.95. The summed E-state index contributed by atoms with van der Waals surface area (Å²) in [4.78, 5) is 14.4. The van der Waals surface area contributed by atoms with Crippen LogP contribution < -0.4 is 0 Å². The molecule has 0 unspecified atom stereocenters. The van der Waals surface area contributed by atoms with Crippen LogP contribution in [0.4, 0.5) is 0 Å². The Bertz CT molecular complexity index is 439. The molecule has 1 atom stereocenters. The summed E-state index contributed by atoms with van der Waals surface area (Å²) < 4.78 is 7.77. The zero-order valence-corrected chi connectivity index (χ0v) is 12.2. The topological polar surface area (TPSA) is 34.5 Å². The van der Waals surface area contributed by atoms with Crippen molar-refractivity contribution in [2.75, 3.05) is 19.7 Å². The number of nitrogens with zero attached hydrogens (tertiary/aromatic N) is 2. The molecule has 1 aromatic heterocycles. The van der Waals surface area contributed by atoms with E-state index in [2.05, 4.69) is 6.92 Å². The largest absolute Gasteiger partial charge is 0.376 e. The van der Waals surface area contributed by atoms with Crippen molar-refractivity contribution in [3.05, 3.63) is 23.5 Å². The zero-order valence-electron chi connectivity index (χ0n) is 12.2. The maximum atomic E-state index is 12.5. The Morgan fingerprint density at radius 2 is 2.32 bits per heavy atom. The van der Waals surface area contributed by atoms with Gasteiger partial charge in [-0.1, -0.05) is 6.92 Å².